The standard InChI is InChI=1S/C31H29NO4/c1-21-12-14-24(15-13-21)29-28(23-16-18-25(34-2)19-17-23)26-10-6-7-11-27(26)36-30(29)32-31(33)35-20-22-8-4-3-5-9-22/h3-19,28-30H,20H2,1-2H3,(H,32,33)/t28-,29+,30+/m1/s1. The fourth-order valence-electron chi connectivity index (χ4n) is 4.78. The van der Waals surface area contributed by atoms with E-state index >= 15 is 0 Å². The van der Waals surface area contributed by atoms with Gasteiger partial charge in [-0.25, -0.2) is 4.79 Å². The van der Waals surface area contributed by atoms with E-state index in [1.54, 1.807) is 7.11 Å². The summed E-state index contributed by atoms with van der Waals surface area (Å²) in [5.41, 5.74) is 5.35. The van der Waals surface area contributed by atoms with Crippen LogP contribution in [0, 0.1) is 6.92 Å². The van der Waals surface area contributed by atoms with Gasteiger partial charge in [-0.2, -0.15) is 0 Å². The van der Waals surface area contributed by atoms with Crippen molar-refractivity contribution >= 4 is 6.09 Å². The van der Waals surface area contributed by atoms with Crippen molar-refractivity contribution < 1.29 is 19.0 Å². The van der Waals surface area contributed by atoms with Crippen molar-refractivity contribution in [3.05, 3.63) is 131 Å². The van der Waals surface area contributed by atoms with Crippen LogP contribution in [0.1, 0.15) is 39.7 Å². The number of hydrogen-bond acceptors (Lipinski definition) is 4. The average molecular weight is 480 g/mol. The lowest BCUT2D eigenvalue weighted by molar-refractivity contribution is 0.0803. The van der Waals surface area contributed by atoms with Crippen LogP contribution >= 0.6 is 0 Å². The van der Waals surface area contributed by atoms with Gasteiger partial charge in [-0.3, -0.25) is 5.32 Å². The van der Waals surface area contributed by atoms with Gasteiger partial charge in [-0.05, 0) is 41.8 Å². The maximum Gasteiger partial charge on any atom is 0.410 e. The number of aryl methyl sites for hydroxylation is 1. The van der Waals surface area contributed by atoms with Crippen LogP contribution < -0.4 is 14.8 Å². The first-order valence-corrected chi connectivity index (χ1v) is 12.1. The highest BCUT2D eigenvalue weighted by Crippen LogP contribution is 2.48. The van der Waals surface area contributed by atoms with Gasteiger partial charge in [0.2, 0.25) is 0 Å². The van der Waals surface area contributed by atoms with Crippen LogP contribution in [0.4, 0.5) is 4.79 Å². The fourth-order valence-corrected chi connectivity index (χ4v) is 4.78. The highest BCUT2D eigenvalue weighted by atomic mass is 16.6. The van der Waals surface area contributed by atoms with Crippen molar-refractivity contribution in [1.29, 1.82) is 0 Å². The van der Waals surface area contributed by atoms with Crippen molar-refractivity contribution in [2.45, 2.75) is 31.6 Å². The number of nitrogens with one attached hydrogen (secondary N) is 1. The zero-order chi connectivity index (χ0) is 24.9. The van der Waals surface area contributed by atoms with Crippen LogP contribution in [-0.2, 0) is 11.3 Å². The van der Waals surface area contributed by atoms with E-state index in [1.165, 1.54) is 5.56 Å². The second-order valence-corrected chi connectivity index (χ2v) is 8.97. The number of benzene rings is 4. The van der Waals surface area contributed by atoms with Crippen LogP contribution in [0.25, 0.3) is 0 Å². The molecule has 36 heavy (non-hydrogen) atoms. The van der Waals surface area contributed by atoms with Crippen molar-refractivity contribution in [3.63, 3.8) is 0 Å². The third kappa shape index (κ3) is 5.05. The smallest absolute Gasteiger partial charge is 0.410 e. The minimum absolute atomic E-state index is 0.0528. The summed E-state index contributed by atoms with van der Waals surface area (Å²) in [5, 5.41) is 3.01. The largest absolute Gasteiger partial charge is 0.497 e. The van der Waals surface area contributed by atoms with Gasteiger partial charge in [-0.1, -0.05) is 90.5 Å². The molecule has 0 saturated carbocycles. The lowest BCUT2D eigenvalue weighted by Gasteiger charge is -2.40. The first-order valence-electron chi connectivity index (χ1n) is 12.1. The van der Waals surface area contributed by atoms with Crippen LogP contribution in [0.5, 0.6) is 11.5 Å². The third-order valence-electron chi connectivity index (χ3n) is 6.60. The summed E-state index contributed by atoms with van der Waals surface area (Å²) in [7, 11) is 1.66. The van der Waals surface area contributed by atoms with Crippen LogP contribution in [0.2, 0.25) is 0 Å². The number of fused-ring (bicyclic) bond motifs is 1. The zero-order valence-corrected chi connectivity index (χ0v) is 20.4. The molecule has 0 aromatic heterocycles. The summed E-state index contributed by atoms with van der Waals surface area (Å²) in [5.74, 6) is 1.31. The summed E-state index contributed by atoms with van der Waals surface area (Å²) < 4.78 is 17.3. The average Bonchev–Trinajstić information content (AvgIpc) is 2.92. The van der Waals surface area contributed by atoms with Gasteiger partial charge in [0.25, 0.3) is 0 Å². The van der Waals surface area contributed by atoms with Crippen LogP contribution in [0.3, 0.4) is 0 Å². The molecule has 182 valence electrons. The Hall–Kier alpha value is -4.25. The molecule has 0 fully saturated rings. The highest BCUT2D eigenvalue weighted by Gasteiger charge is 2.41. The maximum atomic E-state index is 12.9. The molecule has 0 unspecified atom stereocenters. The normalized spacial score (nSPS) is 18.4. The van der Waals surface area contributed by atoms with E-state index < -0.39 is 12.3 Å². The molecule has 1 aliphatic heterocycles. The van der Waals surface area contributed by atoms with Crippen LogP contribution in [0.15, 0.2) is 103 Å². The topological polar surface area (TPSA) is 56.8 Å². The first kappa shape index (κ1) is 23.5. The van der Waals surface area contributed by atoms with E-state index in [1.807, 2.05) is 60.7 Å². The zero-order valence-electron chi connectivity index (χ0n) is 20.4. The molecule has 1 N–H and O–H groups in total. The minimum atomic E-state index is -0.627. The Morgan fingerprint density at radius 1 is 0.833 bits per heavy atom. The molecule has 5 nitrogen and oxygen atoms in total. The Bertz CT molecular complexity index is 1300. The Morgan fingerprint density at radius 2 is 1.50 bits per heavy atom. The fraction of sp³-hybridized carbons (Fsp3) is 0.194. The molecule has 4 aromatic rings. The molecule has 1 heterocycles. The number of ether oxygens (including phenoxy) is 3. The van der Waals surface area contributed by atoms with E-state index in [4.69, 9.17) is 14.2 Å². The van der Waals surface area contributed by atoms with Gasteiger partial charge in [-0.15, -0.1) is 0 Å². The first-order chi connectivity index (χ1) is 17.6. The number of carbonyl (C=O) groups is 1. The Labute approximate surface area is 211 Å². The quantitative estimate of drug-likeness (QED) is 0.340. The highest BCUT2D eigenvalue weighted by molar-refractivity contribution is 5.68. The number of alkyl carbamates (subject to hydrolysis) is 1. The SMILES string of the molecule is COc1ccc([C@@H]2c3ccccc3O[C@H](NC(=O)OCc3ccccc3)[C@H]2c2ccc(C)cc2)cc1. The van der Waals surface area contributed by atoms with Gasteiger partial charge < -0.3 is 14.2 Å². The molecular formula is C31H29NO4. The van der Waals surface area contributed by atoms with E-state index in [0.717, 1.165) is 33.8 Å². The number of hydrogen-bond donors (Lipinski definition) is 1. The van der Waals surface area contributed by atoms with Gasteiger partial charge in [0.1, 0.15) is 18.1 Å². The molecule has 0 aliphatic carbocycles. The lowest BCUT2D eigenvalue weighted by atomic mass is 9.74. The molecule has 4 aromatic carbocycles. The maximum absolute atomic E-state index is 12.9. The number of para-hydroxylation sites is 1. The second kappa shape index (κ2) is 10.6. The number of amides is 1. The molecule has 3 atom stereocenters. The third-order valence-corrected chi connectivity index (χ3v) is 6.60. The molecule has 1 amide bonds. The predicted octanol–water partition coefficient (Wildman–Crippen LogP) is 6.56. The summed E-state index contributed by atoms with van der Waals surface area (Å²) in [4.78, 5) is 12.9. The van der Waals surface area contributed by atoms with E-state index in [2.05, 4.69) is 54.7 Å². The van der Waals surface area contributed by atoms with Crippen LogP contribution in [-0.4, -0.2) is 19.4 Å². The number of methoxy groups -OCH3 is 1. The predicted molar refractivity (Wildman–Crippen MR) is 139 cm³/mol. The van der Waals surface area contributed by atoms with E-state index in [-0.39, 0.29) is 18.4 Å². The van der Waals surface area contributed by atoms with Gasteiger partial charge in [0, 0.05) is 11.5 Å². The van der Waals surface area contributed by atoms with E-state index in [9.17, 15) is 4.79 Å². The lowest BCUT2D eigenvalue weighted by Crippen LogP contribution is -2.47. The van der Waals surface area contributed by atoms with Crippen molar-refractivity contribution in [2.75, 3.05) is 7.11 Å². The van der Waals surface area contributed by atoms with E-state index in [0.29, 0.717) is 0 Å². The van der Waals surface area contributed by atoms with Crippen molar-refractivity contribution in [1.82, 2.24) is 5.32 Å². The van der Waals surface area contributed by atoms with Gasteiger partial charge >= 0.3 is 6.09 Å². The summed E-state index contributed by atoms with van der Waals surface area (Å²) in [6, 6.07) is 34.1. The summed E-state index contributed by atoms with van der Waals surface area (Å²) in [6.07, 6.45) is -1.15. The van der Waals surface area contributed by atoms with Gasteiger partial charge in [0.05, 0.1) is 13.0 Å². The Morgan fingerprint density at radius 3 is 2.22 bits per heavy atom. The molecule has 0 saturated heterocycles. The molecule has 5 rings (SSSR count). The number of rotatable bonds is 6. The molecule has 0 spiro atoms. The molecule has 1 aliphatic rings. The summed E-state index contributed by atoms with van der Waals surface area (Å²) in [6.45, 7) is 2.25. The Balaban J connectivity index is 1.51. The van der Waals surface area contributed by atoms with Crippen molar-refractivity contribution in [2.24, 2.45) is 0 Å². The van der Waals surface area contributed by atoms with Crippen molar-refractivity contribution in [3.8, 4) is 11.5 Å². The minimum Gasteiger partial charge on any atom is -0.497 e. The Kier molecular flexibility index (Phi) is 6.89. The summed E-state index contributed by atoms with van der Waals surface area (Å²) >= 11 is 0. The number of carbonyl (C=O) groups excluding carboxylic acids is 1. The molecule has 0 radical (unpaired) electrons. The van der Waals surface area contributed by atoms with Gasteiger partial charge in [0.15, 0.2) is 6.23 Å². The molecular weight excluding hydrogens is 450 g/mol. The second-order valence-electron chi connectivity index (χ2n) is 8.97. The molecule has 0 bridgehead atoms. The monoisotopic (exact) mass is 479 g/mol. The molecule has 5 heteroatoms.